The second kappa shape index (κ2) is 8.13. The molecule has 1 saturated carbocycles. The summed E-state index contributed by atoms with van der Waals surface area (Å²) in [4.78, 5) is 0. The largest absolute Gasteiger partial charge is 0.385 e. The minimum atomic E-state index is -0.0293. The van der Waals surface area contributed by atoms with Crippen LogP contribution in [0, 0.1) is 11.8 Å². The first-order chi connectivity index (χ1) is 8.63. The van der Waals surface area contributed by atoms with E-state index in [4.69, 9.17) is 15.2 Å². The van der Waals surface area contributed by atoms with Crippen molar-refractivity contribution in [1.82, 2.24) is 0 Å². The highest BCUT2D eigenvalue weighted by Gasteiger charge is 2.35. The third-order valence-electron chi connectivity index (χ3n) is 4.41. The summed E-state index contributed by atoms with van der Waals surface area (Å²) < 4.78 is 11.2. The topological polar surface area (TPSA) is 44.5 Å². The lowest BCUT2D eigenvalue weighted by molar-refractivity contribution is -0.0762. The molecule has 0 spiro atoms. The fraction of sp³-hybridized carbons (Fsp3) is 1.00. The molecule has 0 heterocycles. The van der Waals surface area contributed by atoms with Crippen LogP contribution in [0.1, 0.15) is 52.4 Å². The Kier molecular flexibility index (Phi) is 7.20. The van der Waals surface area contributed by atoms with Gasteiger partial charge in [0.15, 0.2) is 0 Å². The smallest absolute Gasteiger partial charge is 0.0804 e. The van der Waals surface area contributed by atoms with Gasteiger partial charge in [-0.25, -0.2) is 0 Å². The van der Waals surface area contributed by atoms with E-state index in [-0.39, 0.29) is 5.60 Å². The maximum atomic E-state index is 6.11. The molecule has 0 unspecified atom stereocenters. The summed E-state index contributed by atoms with van der Waals surface area (Å²) in [6.45, 7) is 6.97. The van der Waals surface area contributed by atoms with Gasteiger partial charge in [0.2, 0.25) is 0 Å². The van der Waals surface area contributed by atoms with Crippen LogP contribution >= 0.6 is 0 Å². The van der Waals surface area contributed by atoms with Crippen LogP contribution in [-0.2, 0) is 9.47 Å². The summed E-state index contributed by atoms with van der Waals surface area (Å²) in [7, 11) is 1.75. The van der Waals surface area contributed by atoms with E-state index in [1.54, 1.807) is 7.11 Å². The average Bonchev–Trinajstić information content (AvgIpc) is 2.39. The molecule has 3 heteroatoms. The van der Waals surface area contributed by atoms with Crippen LogP contribution in [0.25, 0.3) is 0 Å². The number of hydrogen-bond acceptors (Lipinski definition) is 3. The second-order valence-corrected chi connectivity index (χ2v) is 6.02. The number of hydrogen-bond donors (Lipinski definition) is 1. The number of unbranched alkanes of at least 4 members (excludes halogenated alkanes) is 1. The molecule has 18 heavy (non-hydrogen) atoms. The van der Waals surface area contributed by atoms with E-state index in [1.807, 2.05) is 0 Å². The summed E-state index contributed by atoms with van der Waals surface area (Å²) in [6.07, 6.45) is 6.96. The van der Waals surface area contributed by atoms with E-state index in [2.05, 4.69) is 13.8 Å². The molecular weight excluding hydrogens is 226 g/mol. The van der Waals surface area contributed by atoms with Crippen LogP contribution in [-0.4, -0.2) is 32.5 Å². The lowest BCUT2D eigenvalue weighted by atomic mass is 9.74. The van der Waals surface area contributed by atoms with Crippen molar-refractivity contribution in [2.45, 2.75) is 58.0 Å². The molecule has 0 aromatic carbocycles. The fourth-order valence-corrected chi connectivity index (χ4v) is 2.88. The number of methoxy groups -OCH3 is 1. The van der Waals surface area contributed by atoms with Gasteiger partial charge < -0.3 is 15.2 Å². The Morgan fingerprint density at radius 3 is 2.28 bits per heavy atom. The first kappa shape index (κ1) is 15.9. The van der Waals surface area contributed by atoms with Crippen molar-refractivity contribution in [3.05, 3.63) is 0 Å². The highest BCUT2D eigenvalue weighted by atomic mass is 16.5. The third-order valence-corrected chi connectivity index (χ3v) is 4.41. The standard InChI is InChI=1S/C15H31NO2/c1-13(2)14-6-8-15(12-16,9-7-14)18-11-5-4-10-17-3/h13-14H,4-12,16H2,1-3H3. The monoisotopic (exact) mass is 257 g/mol. The quantitative estimate of drug-likeness (QED) is 0.680. The van der Waals surface area contributed by atoms with Gasteiger partial charge in [0.05, 0.1) is 5.60 Å². The summed E-state index contributed by atoms with van der Waals surface area (Å²) >= 11 is 0. The molecule has 0 radical (unpaired) electrons. The Balaban J connectivity index is 2.27. The molecule has 1 rings (SSSR count). The van der Waals surface area contributed by atoms with E-state index in [0.29, 0.717) is 6.54 Å². The molecule has 0 aromatic rings. The lowest BCUT2D eigenvalue weighted by Gasteiger charge is -2.40. The predicted molar refractivity (Wildman–Crippen MR) is 75.6 cm³/mol. The molecule has 1 fully saturated rings. The van der Waals surface area contributed by atoms with Crippen LogP contribution < -0.4 is 5.73 Å². The SMILES string of the molecule is COCCCCOC1(CN)CCC(C(C)C)CC1. The van der Waals surface area contributed by atoms with E-state index >= 15 is 0 Å². The maximum absolute atomic E-state index is 6.11. The van der Waals surface area contributed by atoms with Crippen LogP contribution in [0.2, 0.25) is 0 Å². The normalized spacial score (nSPS) is 28.8. The highest BCUT2D eigenvalue weighted by Crippen LogP contribution is 2.37. The zero-order valence-corrected chi connectivity index (χ0v) is 12.4. The molecule has 1 aliphatic rings. The van der Waals surface area contributed by atoms with Crippen molar-refractivity contribution < 1.29 is 9.47 Å². The molecule has 0 saturated heterocycles. The minimum Gasteiger partial charge on any atom is -0.385 e. The molecule has 0 atom stereocenters. The number of rotatable bonds is 8. The number of nitrogens with two attached hydrogens (primary N) is 1. The zero-order chi connectivity index (χ0) is 13.4. The highest BCUT2D eigenvalue weighted by molar-refractivity contribution is 4.89. The van der Waals surface area contributed by atoms with E-state index in [9.17, 15) is 0 Å². The van der Waals surface area contributed by atoms with Gasteiger partial charge in [0.1, 0.15) is 0 Å². The molecule has 108 valence electrons. The van der Waals surface area contributed by atoms with E-state index in [0.717, 1.165) is 50.7 Å². The fourth-order valence-electron chi connectivity index (χ4n) is 2.88. The van der Waals surface area contributed by atoms with Crippen molar-refractivity contribution in [2.75, 3.05) is 26.9 Å². The van der Waals surface area contributed by atoms with E-state index < -0.39 is 0 Å². The van der Waals surface area contributed by atoms with Crippen LogP contribution in [0.3, 0.4) is 0 Å². The van der Waals surface area contributed by atoms with Crippen molar-refractivity contribution in [3.8, 4) is 0 Å². The molecule has 0 amide bonds. The Bertz CT molecular complexity index is 211. The molecule has 0 bridgehead atoms. The Morgan fingerprint density at radius 1 is 1.17 bits per heavy atom. The van der Waals surface area contributed by atoms with Crippen molar-refractivity contribution in [1.29, 1.82) is 0 Å². The molecule has 2 N–H and O–H groups in total. The predicted octanol–water partition coefficient (Wildman–Crippen LogP) is 2.97. The Hall–Kier alpha value is -0.120. The zero-order valence-electron chi connectivity index (χ0n) is 12.4. The average molecular weight is 257 g/mol. The minimum absolute atomic E-state index is 0.0293. The first-order valence-electron chi connectivity index (χ1n) is 7.46. The van der Waals surface area contributed by atoms with Crippen LogP contribution in [0.5, 0.6) is 0 Å². The molecular formula is C15H31NO2. The maximum Gasteiger partial charge on any atom is 0.0804 e. The van der Waals surface area contributed by atoms with Gasteiger partial charge in [-0.1, -0.05) is 13.8 Å². The van der Waals surface area contributed by atoms with Gasteiger partial charge in [-0.2, -0.15) is 0 Å². The summed E-state index contributed by atoms with van der Waals surface area (Å²) in [5, 5.41) is 0. The van der Waals surface area contributed by atoms with Gasteiger partial charge in [0, 0.05) is 26.9 Å². The van der Waals surface area contributed by atoms with Gasteiger partial charge in [-0.3, -0.25) is 0 Å². The van der Waals surface area contributed by atoms with Gasteiger partial charge >= 0.3 is 0 Å². The number of ether oxygens (including phenoxy) is 2. The van der Waals surface area contributed by atoms with Gasteiger partial charge in [0.25, 0.3) is 0 Å². The molecule has 1 aliphatic carbocycles. The van der Waals surface area contributed by atoms with Crippen molar-refractivity contribution in [2.24, 2.45) is 17.6 Å². The first-order valence-corrected chi connectivity index (χ1v) is 7.46. The Morgan fingerprint density at radius 2 is 1.78 bits per heavy atom. The molecule has 3 nitrogen and oxygen atoms in total. The van der Waals surface area contributed by atoms with Gasteiger partial charge in [-0.15, -0.1) is 0 Å². The van der Waals surface area contributed by atoms with Crippen molar-refractivity contribution in [3.63, 3.8) is 0 Å². The molecule has 0 aliphatic heterocycles. The third kappa shape index (κ3) is 4.87. The summed E-state index contributed by atoms with van der Waals surface area (Å²) in [6, 6.07) is 0. The molecule has 0 aromatic heterocycles. The van der Waals surface area contributed by atoms with Gasteiger partial charge in [-0.05, 0) is 50.4 Å². The Labute approximate surface area is 112 Å². The van der Waals surface area contributed by atoms with Crippen molar-refractivity contribution >= 4 is 0 Å². The van der Waals surface area contributed by atoms with Crippen LogP contribution in [0.4, 0.5) is 0 Å². The summed E-state index contributed by atoms with van der Waals surface area (Å²) in [5.41, 5.74) is 5.92. The van der Waals surface area contributed by atoms with E-state index in [1.165, 1.54) is 12.8 Å². The van der Waals surface area contributed by atoms with Crippen LogP contribution in [0.15, 0.2) is 0 Å². The lowest BCUT2D eigenvalue weighted by Crippen LogP contribution is -2.44. The summed E-state index contributed by atoms with van der Waals surface area (Å²) in [5.74, 6) is 1.66. The second-order valence-electron chi connectivity index (χ2n) is 6.02.